The van der Waals surface area contributed by atoms with Crippen LogP contribution in [0.1, 0.15) is 53.6 Å². The number of piperazine rings is 1. The molecule has 0 spiro atoms. The van der Waals surface area contributed by atoms with E-state index in [1.807, 2.05) is 49.9 Å². The third-order valence-corrected chi connectivity index (χ3v) is 7.56. The molecule has 1 atom stereocenters. The van der Waals surface area contributed by atoms with Crippen LogP contribution in [0.15, 0.2) is 48.7 Å². The fraction of sp³-hybridized carbons (Fsp3) is 0.424. The van der Waals surface area contributed by atoms with E-state index in [9.17, 15) is 22.8 Å². The molecule has 1 saturated heterocycles. The number of carbonyl (C=O) groups excluding carboxylic acids is 2. The average molecular weight is 693 g/mol. The van der Waals surface area contributed by atoms with Gasteiger partial charge in [0, 0.05) is 56.9 Å². The predicted octanol–water partition coefficient (Wildman–Crippen LogP) is 5.34. The Morgan fingerprint density at radius 3 is 2.46 bits per heavy atom. The summed E-state index contributed by atoms with van der Waals surface area (Å²) in [6.45, 7) is 6.89. The van der Waals surface area contributed by atoms with Crippen molar-refractivity contribution in [3.8, 4) is 17.1 Å². The van der Waals surface area contributed by atoms with Crippen LogP contribution < -0.4 is 15.0 Å². The Balaban J connectivity index is 0.00000148. The summed E-state index contributed by atoms with van der Waals surface area (Å²) in [5, 5.41) is 10.3. The lowest BCUT2D eigenvalue weighted by Crippen LogP contribution is -2.55. The third-order valence-electron chi connectivity index (χ3n) is 7.33. The Morgan fingerprint density at radius 2 is 1.83 bits per heavy atom. The molecule has 1 aromatic carbocycles. The number of hydrogen-bond donors (Lipinski definition) is 2. The van der Waals surface area contributed by atoms with E-state index in [2.05, 4.69) is 10.3 Å². The maximum Gasteiger partial charge on any atom is 0.417 e. The molecule has 3 aromatic rings. The Labute approximate surface area is 282 Å². The van der Waals surface area contributed by atoms with Gasteiger partial charge in [-0.1, -0.05) is 18.5 Å². The quantitative estimate of drug-likeness (QED) is 0.290. The molecule has 0 bridgehead atoms. The van der Waals surface area contributed by atoms with Crippen molar-refractivity contribution in [3.63, 3.8) is 0 Å². The van der Waals surface area contributed by atoms with Crippen molar-refractivity contribution in [2.24, 2.45) is 0 Å². The van der Waals surface area contributed by atoms with Crippen molar-refractivity contribution in [2.75, 3.05) is 58.3 Å². The summed E-state index contributed by atoms with van der Waals surface area (Å²) in [5.41, 5.74) is 0.395. The molecule has 48 heavy (non-hydrogen) atoms. The number of carboxylic acid groups (broad SMARTS) is 1. The number of nitrogens with one attached hydrogen (secondary N) is 1. The number of anilines is 1. The van der Waals surface area contributed by atoms with Gasteiger partial charge in [-0.25, -0.2) is 9.97 Å². The molecule has 11 nitrogen and oxygen atoms in total. The first-order chi connectivity index (χ1) is 22.7. The van der Waals surface area contributed by atoms with Crippen molar-refractivity contribution >= 4 is 35.1 Å². The topological polar surface area (TPSA) is 128 Å². The fourth-order valence-electron chi connectivity index (χ4n) is 5.13. The largest absolute Gasteiger partial charge is 0.481 e. The van der Waals surface area contributed by atoms with Crippen LogP contribution in [0, 0.1) is 0 Å². The molecule has 1 fully saturated rings. The standard InChI is InChI=1S/C31H36ClF3N6O3.C2H4O2/c1-5-21-19-40(30(43)22-10-9-20(32)18-24(22)31(33,34)35)16-17-41(21)26-12-11-25(23-8-7-13-37-29(23)44-6-2)38-27(26)28(42)36-14-15-39(3)4;1-2(3)4/h7-13,18,21H,5-6,14-17,19H2,1-4H3,(H,36,42);1H3,(H,3,4)/t21-;/m1./s1. The molecular formula is C33H40ClF3N6O5. The number of aliphatic carboxylic acids is 1. The number of likely N-dealkylation sites (N-methyl/N-ethyl adjacent to an activating group) is 1. The van der Waals surface area contributed by atoms with Gasteiger partial charge in [-0.3, -0.25) is 14.4 Å². The summed E-state index contributed by atoms with van der Waals surface area (Å²) < 4.78 is 47.0. The first-order valence-electron chi connectivity index (χ1n) is 15.3. The molecule has 0 radical (unpaired) electrons. The average Bonchev–Trinajstić information content (AvgIpc) is 3.03. The van der Waals surface area contributed by atoms with Crippen LogP contribution in [0.2, 0.25) is 5.02 Å². The molecule has 4 rings (SSSR count). The maximum atomic E-state index is 13.8. The molecule has 2 N–H and O–H groups in total. The van der Waals surface area contributed by atoms with Gasteiger partial charge in [0.1, 0.15) is 0 Å². The Morgan fingerprint density at radius 1 is 1.12 bits per heavy atom. The SMILES string of the molecule is CC(=O)O.CCOc1ncccc1-c1ccc(N2CCN(C(=O)c3ccc(Cl)cc3C(F)(F)F)C[C@H]2CC)c(C(=O)NCCN(C)C)n1. The van der Waals surface area contributed by atoms with Gasteiger partial charge in [0.2, 0.25) is 5.88 Å². The zero-order valence-electron chi connectivity index (χ0n) is 27.5. The number of ether oxygens (including phenoxy) is 1. The molecule has 0 unspecified atom stereocenters. The highest BCUT2D eigenvalue weighted by Crippen LogP contribution is 2.36. The predicted molar refractivity (Wildman–Crippen MR) is 177 cm³/mol. The van der Waals surface area contributed by atoms with Crippen molar-refractivity contribution in [1.82, 2.24) is 25.1 Å². The van der Waals surface area contributed by atoms with Gasteiger partial charge in [-0.15, -0.1) is 0 Å². The number of halogens is 4. The maximum absolute atomic E-state index is 13.8. The van der Waals surface area contributed by atoms with Crippen LogP contribution in [-0.4, -0.2) is 102 Å². The summed E-state index contributed by atoms with van der Waals surface area (Å²) in [6, 6.07) is 10.1. The smallest absolute Gasteiger partial charge is 0.417 e. The third kappa shape index (κ3) is 10.0. The van der Waals surface area contributed by atoms with Crippen LogP contribution in [-0.2, 0) is 11.0 Å². The molecule has 15 heteroatoms. The number of rotatable bonds is 10. The van der Waals surface area contributed by atoms with Crippen molar-refractivity contribution in [1.29, 1.82) is 0 Å². The van der Waals surface area contributed by atoms with Gasteiger partial charge in [-0.05, 0) is 69.9 Å². The van der Waals surface area contributed by atoms with Crippen LogP contribution in [0.3, 0.4) is 0 Å². The number of aromatic nitrogens is 2. The molecule has 1 aliphatic rings. The zero-order chi connectivity index (χ0) is 35.6. The highest BCUT2D eigenvalue weighted by Gasteiger charge is 2.38. The lowest BCUT2D eigenvalue weighted by Gasteiger charge is -2.43. The molecule has 1 aliphatic heterocycles. The first kappa shape index (κ1) is 38.0. The van der Waals surface area contributed by atoms with Gasteiger partial charge < -0.3 is 29.9 Å². The lowest BCUT2D eigenvalue weighted by atomic mass is 10.0. The Hall–Kier alpha value is -4.43. The second-order valence-electron chi connectivity index (χ2n) is 11.1. The number of hydrogen-bond acceptors (Lipinski definition) is 8. The molecule has 3 heterocycles. The molecule has 260 valence electrons. The van der Waals surface area contributed by atoms with Gasteiger partial charge in [0.05, 0.1) is 34.7 Å². The summed E-state index contributed by atoms with van der Waals surface area (Å²) in [4.78, 5) is 50.4. The minimum atomic E-state index is -4.74. The summed E-state index contributed by atoms with van der Waals surface area (Å²) >= 11 is 5.82. The molecule has 2 amide bonds. The number of pyridine rings is 2. The van der Waals surface area contributed by atoms with Crippen LogP contribution in [0.4, 0.5) is 18.9 Å². The molecular weight excluding hydrogens is 653 g/mol. The number of carboxylic acids is 1. The number of benzene rings is 1. The van der Waals surface area contributed by atoms with Gasteiger partial charge in [0.25, 0.3) is 17.8 Å². The number of nitrogens with zero attached hydrogens (tertiary/aromatic N) is 5. The lowest BCUT2D eigenvalue weighted by molar-refractivity contribution is -0.138. The highest BCUT2D eigenvalue weighted by atomic mass is 35.5. The monoisotopic (exact) mass is 692 g/mol. The minimum Gasteiger partial charge on any atom is -0.481 e. The van der Waals surface area contributed by atoms with E-state index in [-0.39, 0.29) is 42.3 Å². The van der Waals surface area contributed by atoms with Crippen molar-refractivity contribution in [3.05, 3.63) is 70.5 Å². The van der Waals surface area contributed by atoms with E-state index in [0.29, 0.717) is 48.9 Å². The van der Waals surface area contributed by atoms with Crippen molar-refractivity contribution in [2.45, 2.75) is 39.4 Å². The van der Waals surface area contributed by atoms with Crippen LogP contribution >= 0.6 is 11.6 Å². The van der Waals surface area contributed by atoms with Gasteiger partial charge >= 0.3 is 6.18 Å². The van der Waals surface area contributed by atoms with E-state index < -0.39 is 29.2 Å². The van der Waals surface area contributed by atoms with Gasteiger partial charge in [0.15, 0.2) is 5.69 Å². The Bertz CT molecular complexity index is 1590. The van der Waals surface area contributed by atoms with E-state index in [4.69, 9.17) is 31.2 Å². The van der Waals surface area contributed by atoms with Crippen molar-refractivity contribution < 1.29 is 37.4 Å². The second kappa shape index (κ2) is 17.1. The number of amides is 2. The molecule has 2 aromatic heterocycles. The zero-order valence-corrected chi connectivity index (χ0v) is 28.2. The Kier molecular flexibility index (Phi) is 13.6. The summed E-state index contributed by atoms with van der Waals surface area (Å²) in [5.74, 6) is -1.52. The second-order valence-corrected chi connectivity index (χ2v) is 11.6. The highest BCUT2D eigenvalue weighted by molar-refractivity contribution is 6.30. The van der Waals surface area contributed by atoms with Crippen LogP contribution in [0.5, 0.6) is 5.88 Å². The number of carbonyl (C=O) groups is 3. The van der Waals surface area contributed by atoms with Crippen LogP contribution in [0.25, 0.3) is 11.3 Å². The minimum absolute atomic E-state index is 0.0999. The summed E-state index contributed by atoms with van der Waals surface area (Å²) in [7, 11) is 3.81. The fourth-order valence-corrected chi connectivity index (χ4v) is 5.30. The van der Waals surface area contributed by atoms with Gasteiger partial charge in [-0.2, -0.15) is 13.2 Å². The molecule has 0 saturated carbocycles. The van der Waals surface area contributed by atoms with E-state index in [1.54, 1.807) is 18.3 Å². The number of alkyl halides is 3. The van der Waals surface area contributed by atoms with E-state index >= 15 is 0 Å². The summed E-state index contributed by atoms with van der Waals surface area (Å²) in [6.07, 6.45) is -2.55. The van der Waals surface area contributed by atoms with E-state index in [1.165, 1.54) is 11.0 Å². The molecule has 0 aliphatic carbocycles. The first-order valence-corrected chi connectivity index (χ1v) is 15.7. The normalized spacial score (nSPS) is 14.7. The van der Waals surface area contributed by atoms with E-state index in [0.717, 1.165) is 19.1 Å².